The number of benzene rings is 1. The zero-order valence-electron chi connectivity index (χ0n) is 10.7. The summed E-state index contributed by atoms with van der Waals surface area (Å²) in [5.74, 6) is 0. The highest BCUT2D eigenvalue weighted by Gasteiger charge is 2.18. The predicted molar refractivity (Wildman–Crippen MR) is 74.4 cm³/mol. The lowest BCUT2D eigenvalue weighted by Crippen LogP contribution is -2.09. The fraction of sp³-hybridized carbons (Fsp3) is 0.333. The summed E-state index contributed by atoms with van der Waals surface area (Å²) in [6.07, 6.45) is 0.772. The van der Waals surface area contributed by atoms with Gasteiger partial charge in [-0.25, -0.2) is 0 Å². The molecular weight excluding hydrogens is 264 g/mol. The Hall–Kier alpha value is -1.86. The molecule has 0 fully saturated rings. The van der Waals surface area contributed by atoms with Crippen LogP contribution in [0.2, 0.25) is 0 Å². The van der Waals surface area contributed by atoms with Gasteiger partial charge < -0.3 is 5.32 Å². The largest absolute Gasteiger partial charge is 0.319 e. The molecule has 100 valence electrons. The molecule has 0 atom stereocenters. The maximum absolute atomic E-state index is 11.0. The number of hydrogen-bond donors (Lipinski definition) is 1. The van der Waals surface area contributed by atoms with E-state index in [1.54, 1.807) is 12.1 Å². The topological polar surface area (TPSA) is 81.0 Å². The molecule has 0 saturated carbocycles. The van der Waals surface area contributed by atoms with E-state index in [9.17, 15) is 10.1 Å². The first-order chi connectivity index (χ1) is 9.11. The molecule has 1 heterocycles. The summed E-state index contributed by atoms with van der Waals surface area (Å²) in [5.41, 5.74) is 1.58. The summed E-state index contributed by atoms with van der Waals surface area (Å²) in [5, 5.41) is 23.7. The maximum atomic E-state index is 11.0. The van der Waals surface area contributed by atoms with Crippen LogP contribution in [0.25, 0.3) is 10.6 Å². The van der Waals surface area contributed by atoms with E-state index in [2.05, 4.69) is 15.5 Å². The van der Waals surface area contributed by atoms with Crippen LogP contribution in [0.1, 0.15) is 10.6 Å². The Labute approximate surface area is 114 Å². The van der Waals surface area contributed by atoms with E-state index in [1.165, 1.54) is 17.4 Å². The van der Waals surface area contributed by atoms with E-state index in [-0.39, 0.29) is 10.6 Å². The van der Waals surface area contributed by atoms with Gasteiger partial charge in [0.1, 0.15) is 5.01 Å². The quantitative estimate of drug-likeness (QED) is 0.669. The number of rotatable bonds is 5. The molecule has 0 spiro atoms. The van der Waals surface area contributed by atoms with E-state index in [0.29, 0.717) is 10.6 Å². The standard InChI is InChI=1S/C12H14N4O2S/c1-8-3-4-10(16(17)18)9(7-8)12-15-14-11(19-12)5-6-13-2/h3-4,7,13H,5-6H2,1-2H3. The first kappa shape index (κ1) is 13.6. The molecular formula is C12H14N4O2S. The van der Waals surface area contributed by atoms with Crippen LogP contribution in [0.4, 0.5) is 5.69 Å². The van der Waals surface area contributed by atoms with Crippen LogP contribution in [0.15, 0.2) is 18.2 Å². The van der Waals surface area contributed by atoms with Crippen molar-refractivity contribution in [1.82, 2.24) is 15.5 Å². The highest BCUT2D eigenvalue weighted by atomic mass is 32.1. The van der Waals surface area contributed by atoms with Gasteiger partial charge >= 0.3 is 0 Å². The number of aryl methyl sites for hydroxylation is 1. The third-order valence-corrected chi connectivity index (χ3v) is 3.65. The van der Waals surface area contributed by atoms with Crippen LogP contribution in [0.3, 0.4) is 0 Å². The van der Waals surface area contributed by atoms with E-state index in [1.807, 2.05) is 14.0 Å². The zero-order chi connectivity index (χ0) is 13.8. The number of nitrogens with zero attached hydrogens (tertiary/aromatic N) is 3. The lowest BCUT2D eigenvalue weighted by Gasteiger charge is -2.00. The molecule has 2 rings (SSSR count). The van der Waals surface area contributed by atoms with E-state index in [0.717, 1.165) is 23.5 Å². The first-order valence-electron chi connectivity index (χ1n) is 5.84. The second-order valence-electron chi connectivity index (χ2n) is 4.13. The fourth-order valence-electron chi connectivity index (χ4n) is 1.68. The number of likely N-dealkylation sites (N-methyl/N-ethyl adjacent to an activating group) is 1. The second-order valence-corrected chi connectivity index (χ2v) is 5.19. The smallest absolute Gasteiger partial charge is 0.279 e. The highest BCUT2D eigenvalue weighted by Crippen LogP contribution is 2.32. The number of nitro benzene ring substituents is 1. The molecule has 1 aromatic carbocycles. The van der Waals surface area contributed by atoms with Crippen molar-refractivity contribution < 1.29 is 4.92 Å². The monoisotopic (exact) mass is 278 g/mol. The molecule has 0 aliphatic rings. The average molecular weight is 278 g/mol. The van der Waals surface area contributed by atoms with Crippen molar-refractivity contribution in [1.29, 1.82) is 0 Å². The van der Waals surface area contributed by atoms with Gasteiger partial charge in [-0.15, -0.1) is 10.2 Å². The van der Waals surface area contributed by atoms with Gasteiger partial charge in [-0.1, -0.05) is 17.4 Å². The molecule has 0 saturated heterocycles. The first-order valence-corrected chi connectivity index (χ1v) is 6.66. The second kappa shape index (κ2) is 5.85. The molecule has 0 radical (unpaired) electrons. The van der Waals surface area contributed by atoms with Crippen LogP contribution < -0.4 is 5.32 Å². The van der Waals surface area contributed by atoms with Crippen molar-refractivity contribution in [3.63, 3.8) is 0 Å². The van der Waals surface area contributed by atoms with Gasteiger partial charge in [0.15, 0.2) is 5.01 Å². The molecule has 1 aromatic heterocycles. The molecule has 0 amide bonds. The summed E-state index contributed by atoms with van der Waals surface area (Å²) < 4.78 is 0. The van der Waals surface area contributed by atoms with Crippen molar-refractivity contribution in [3.8, 4) is 10.6 Å². The molecule has 2 aromatic rings. The summed E-state index contributed by atoms with van der Waals surface area (Å²) in [7, 11) is 1.87. The number of hydrogen-bond acceptors (Lipinski definition) is 6. The molecule has 6 nitrogen and oxygen atoms in total. The lowest BCUT2D eigenvalue weighted by atomic mass is 10.1. The molecule has 0 bridgehead atoms. The minimum atomic E-state index is -0.385. The molecule has 1 N–H and O–H groups in total. The van der Waals surface area contributed by atoms with Gasteiger partial charge in [-0.2, -0.15) is 0 Å². The van der Waals surface area contributed by atoms with E-state index < -0.39 is 0 Å². The van der Waals surface area contributed by atoms with Crippen molar-refractivity contribution in [2.24, 2.45) is 0 Å². The van der Waals surface area contributed by atoms with Crippen molar-refractivity contribution >= 4 is 17.0 Å². The Morgan fingerprint density at radius 1 is 1.42 bits per heavy atom. The number of nitrogens with one attached hydrogen (secondary N) is 1. The van der Waals surface area contributed by atoms with Gasteiger partial charge in [-0.05, 0) is 25.6 Å². The highest BCUT2D eigenvalue weighted by molar-refractivity contribution is 7.14. The third-order valence-electron chi connectivity index (χ3n) is 2.63. The van der Waals surface area contributed by atoms with Crippen LogP contribution in [-0.2, 0) is 6.42 Å². The van der Waals surface area contributed by atoms with Crippen LogP contribution in [0.5, 0.6) is 0 Å². The number of nitro groups is 1. The maximum Gasteiger partial charge on any atom is 0.279 e. The van der Waals surface area contributed by atoms with Crippen molar-refractivity contribution in [2.45, 2.75) is 13.3 Å². The van der Waals surface area contributed by atoms with E-state index >= 15 is 0 Å². The van der Waals surface area contributed by atoms with Gasteiger partial charge in [0, 0.05) is 19.0 Å². The average Bonchev–Trinajstić information content (AvgIpc) is 2.84. The fourth-order valence-corrected chi connectivity index (χ4v) is 2.54. The minimum absolute atomic E-state index is 0.0712. The summed E-state index contributed by atoms with van der Waals surface area (Å²) in [4.78, 5) is 10.7. The molecule has 19 heavy (non-hydrogen) atoms. The summed E-state index contributed by atoms with van der Waals surface area (Å²) in [6.45, 7) is 2.71. The van der Waals surface area contributed by atoms with Crippen molar-refractivity contribution in [2.75, 3.05) is 13.6 Å². The lowest BCUT2D eigenvalue weighted by molar-refractivity contribution is -0.384. The Bertz CT molecular complexity index is 597. The van der Waals surface area contributed by atoms with E-state index in [4.69, 9.17) is 0 Å². The summed E-state index contributed by atoms with van der Waals surface area (Å²) >= 11 is 1.40. The summed E-state index contributed by atoms with van der Waals surface area (Å²) in [6, 6.07) is 5.02. The normalized spacial score (nSPS) is 10.6. The Morgan fingerprint density at radius 2 is 2.21 bits per heavy atom. The molecule has 7 heteroatoms. The minimum Gasteiger partial charge on any atom is -0.319 e. The predicted octanol–water partition coefficient (Wildman–Crippen LogP) is 2.18. The Balaban J connectivity index is 2.37. The third kappa shape index (κ3) is 3.12. The van der Waals surface area contributed by atoms with Crippen LogP contribution in [0, 0.1) is 17.0 Å². The van der Waals surface area contributed by atoms with Crippen LogP contribution in [-0.4, -0.2) is 28.7 Å². The van der Waals surface area contributed by atoms with Gasteiger partial charge in [0.05, 0.1) is 10.5 Å². The SMILES string of the molecule is CNCCc1nnc(-c2cc(C)ccc2[N+](=O)[O-])s1. The zero-order valence-corrected chi connectivity index (χ0v) is 11.5. The number of aromatic nitrogens is 2. The van der Waals surface area contributed by atoms with Gasteiger partial charge in [-0.3, -0.25) is 10.1 Å². The Kier molecular flexibility index (Phi) is 4.18. The molecule has 0 aliphatic heterocycles. The Morgan fingerprint density at radius 3 is 2.89 bits per heavy atom. The van der Waals surface area contributed by atoms with Gasteiger partial charge in [0.2, 0.25) is 0 Å². The van der Waals surface area contributed by atoms with Crippen molar-refractivity contribution in [3.05, 3.63) is 38.9 Å². The van der Waals surface area contributed by atoms with Gasteiger partial charge in [0.25, 0.3) is 5.69 Å². The molecule has 0 aliphatic carbocycles. The molecule has 0 unspecified atom stereocenters. The van der Waals surface area contributed by atoms with Crippen LogP contribution >= 0.6 is 11.3 Å².